The lowest BCUT2D eigenvalue weighted by molar-refractivity contribution is 0.108. The van der Waals surface area contributed by atoms with Gasteiger partial charge in [0.15, 0.2) is 0 Å². The van der Waals surface area contributed by atoms with Crippen molar-refractivity contribution < 1.29 is 9.18 Å². The fourth-order valence-corrected chi connectivity index (χ4v) is 1.46. The third kappa shape index (κ3) is 1.61. The van der Waals surface area contributed by atoms with Gasteiger partial charge in [-0.2, -0.15) is 0 Å². The van der Waals surface area contributed by atoms with Crippen LogP contribution in [-0.2, 0) is 0 Å². The highest BCUT2D eigenvalue weighted by molar-refractivity contribution is 6.67. The minimum Gasteiger partial charge on any atom is -0.276 e. The lowest BCUT2D eigenvalue weighted by Crippen LogP contribution is -1.88. The van der Waals surface area contributed by atoms with Crippen molar-refractivity contribution >= 4 is 27.6 Å². The van der Waals surface area contributed by atoms with Crippen molar-refractivity contribution in [2.45, 2.75) is 0 Å². The molecule has 2 aromatic carbocycles. The SMILES string of the molecule is O=C(Cl)c1ccc2ccc(F)cc2c1. The quantitative estimate of drug-likeness (QED) is 0.657. The Morgan fingerprint density at radius 1 is 1.07 bits per heavy atom. The number of carbonyl (C=O) groups is 1. The number of fused-ring (bicyclic) bond motifs is 1. The summed E-state index contributed by atoms with van der Waals surface area (Å²) < 4.78 is 12.9. The van der Waals surface area contributed by atoms with Crippen molar-refractivity contribution in [1.82, 2.24) is 0 Å². The molecule has 0 bridgehead atoms. The molecule has 0 fully saturated rings. The van der Waals surface area contributed by atoms with Gasteiger partial charge in [0.25, 0.3) is 5.24 Å². The van der Waals surface area contributed by atoms with Crippen LogP contribution in [0.5, 0.6) is 0 Å². The molecule has 0 aliphatic carbocycles. The fraction of sp³-hybridized carbons (Fsp3) is 0. The normalized spacial score (nSPS) is 10.4. The Kier molecular flexibility index (Phi) is 2.22. The van der Waals surface area contributed by atoms with Crippen LogP contribution in [0, 0.1) is 5.82 Å². The zero-order chi connectivity index (χ0) is 10.1. The second kappa shape index (κ2) is 3.39. The smallest absolute Gasteiger partial charge is 0.252 e. The van der Waals surface area contributed by atoms with E-state index in [9.17, 15) is 9.18 Å². The Morgan fingerprint density at radius 3 is 2.50 bits per heavy atom. The summed E-state index contributed by atoms with van der Waals surface area (Å²) in [6, 6.07) is 9.35. The van der Waals surface area contributed by atoms with E-state index in [1.807, 2.05) is 0 Å². The summed E-state index contributed by atoms with van der Waals surface area (Å²) in [6.45, 7) is 0. The Morgan fingerprint density at radius 2 is 1.79 bits per heavy atom. The molecule has 0 amide bonds. The highest BCUT2D eigenvalue weighted by atomic mass is 35.5. The molecule has 0 saturated heterocycles. The fourth-order valence-electron chi connectivity index (χ4n) is 1.34. The molecular formula is C11H6ClFO. The maximum absolute atomic E-state index is 12.9. The molecule has 1 nitrogen and oxygen atoms in total. The number of rotatable bonds is 1. The van der Waals surface area contributed by atoms with E-state index in [-0.39, 0.29) is 5.82 Å². The molecule has 0 atom stereocenters. The molecule has 0 unspecified atom stereocenters. The molecule has 0 aliphatic heterocycles. The predicted molar refractivity (Wildman–Crippen MR) is 54.1 cm³/mol. The molecule has 0 N–H and O–H groups in total. The van der Waals surface area contributed by atoms with Gasteiger partial charge in [-0.15, -0.1) is 0 Å². The number of carbonyl (C=O) groups excluding carboxylic acids is 1. The maximum atomic E-state index is 12.9. The highest BCUT2D eigenvalue weighted by Crippen LogP contribution is 2.18. The van der Waals surface area contributed by atoms with E-state index in [2.05, 4.69) is 0 Å². The Hall–Kier alpha value is -1.41. The first-order valence-corrected chi connectivity index (χ1v) is 4.44. The summed E-state index contributed by atoms with van der Waals surface area (Å²) in [5, 5.41) is 1.03. The third-order valence-corrected chi connectivity index (χ3v) is 2.25. The van der Waals surface area contributed by atoms with Crippen molar-refractivity contribution in [3.8, 4) is 0 Å². The van der Waals surface area contributed by atoms with Crippen molar-refractivity contribution in [2.24, 2.45) is 0 Å². The zero-order valence-electron chi connectivity index (χ0n) is 7.13. The summed E-state index contributed by atoms with van der Waals surface area (Å²) >= 11 is 5.31. The van der Waals surface area contributed by atoms with Gasteiger partial charge in [-0.25, -0.2) is 4.39 Å². The number of hydrogen-bond donors (Lipinski definition) is 0. The standard InChI is InChI=1S/C11H6ClFO/c12-11(14)8-2-1-7-3-4-10(13)6-9(7)5-8/h1-6H. The molecule has 0 heterocycles. The number of halogens is 2. The second-order valence-electron chi connectivity index (χ2n) is 2.98. The van der Waals surface area contributed by atoms with E-state index in [4.69, 9.17) is 11.6 Å². The van der Waals surface area contributed by atoms with Crippen LogP contribution < -0.4 is 0 Å². The lowest BCUT2D eigenvalue weighted by atomic mass is 10.1. The topological polar surface area (TPSA) is 17.1 Å². The van der Waals surface area contributed by atoms with Gasteiger partial charge in [0, 0.05) is 5.56 Å². The van der Waals surface area contributed by atoms with E-state index in [0.29, 0.717) is 10.9 Å². The first kappa shape index (κ1) is 9.16. The average molecular weight is 209 g/mol. The molecule has 0 spiro atoms. The predicted octanol–water partition coefficient (Wildman–Crippen LogP) is 3.36. The average Bonchev–Trinajstić information content (AvgIpc) is 2.16. The first-order valence-electron chi connectivity index (χ1n) is 4.06. The minimum absolute atomic E-state index is 0.323. The molecule has 70 valence electrons. The van der Waals surface area contributed by atoms with Gasteiger partial charge in [0.05, 0.1) is 0 Å². The molecule has 2 rings (SSSR count). The van der Waals surface area contributed by atoms with Crippen LogP contribution in [0.4, 0.5) is 4.39 Å². The molecule has 0 saturated carbocycles. The molecule has 0 aliphatic rings. The van der Waals surface area contributed by atoms with Crippen LogP contribution in [0.3, 0.4) is 0 Å². The monoisotopic (exact) mass is 208 g/mol. The number of benzene rings is 2. The molecule has 0 radical (unpaired) electrons. The zero-order valence-corrected chi connectivity index (χ0v) is 7.88. The maximum Gasteiger partial charge on any atom is 0.252 e. The van der Waals surface area contributed by atoms with Gasteiger partial charge in [0.1, 0.15) is 5.82 Å². The van der Waals surface area contributed by atoms with Gasteiger partial charge >= 0.3 is 0 Å². The highest BCUT2D eigenvalue weighted by Gasteiger charge is 2.02. The summed E-state index contributed by atoms with van der Waals surface area (Å²) in [4.78, 5) is 10.8. The Bertz CT molecular complexity index is 508. The van der Waals surface area contributed by atoms with Crippen LogP contribution in [-0.4, -0.2) is 5.24 Å². The first-order chi connectivity index (χ1) is 6.66. The molecule has 14 heavy (non-hydrogen) atoms. The summed E-state index contributed by atoms with van der Waals surface area (Å²) in [6.07, 6.45) is 0. The molecular weight excluding hydrogens is 203 g/mol. The van der Waals surface area contributed by atoms with Crippen molar-refractivity contribution in [1.29, 1.82) is 0 Å². The molecule has 2 aromatic rings. The van der Waals surface area contributed by atoms with Gasteiger partial charge in [0.2, 0.25) is 0 Å². The number of hydrogen-bond acceptors (Lipinski definition) is 1. The van der Waals surface area contributed by atoms with Crippen LogP contribution in [0.2, 0.25) is 0 Å². The van der Waals surface area contributed by atoms with Crippen molar-refractivity contribution in [2.75, 3.05) is 0 Å². The third-order valence-electron chi connectivity index (χ3n) is 2.03. The van der Waals surface area contributed by atoms with Crippen molar-refractivity contribution in [3.63, 3.8) is 0 Å². The molecule has 3 heteroatoms. The molecule has 0 aromatic heterocycles. The van der Waals surface area contributed by atoms with Gasteiger partial charge in [-0.1, -0.05) is 12.1 Å². The summed E-state index contributed by atoms with van der Waals surface area (Å²) in [5.74, 6) is -0.323. The Balaban J connectivity index is 2.69. The van der Waals surface area contributed by atoms with Gasteiger partial charge < -0.3 is 0 Å². The second-order valence-corrected chi connectivity index (χ2v) is 3.32. The van der Waals surface area contributed by atoms with Crippen LogP contribution in [0.15, 0.2) is 36.4 Å². The summed E-state index contributed by atoms with van der Waals surface area (Å²) in [5.41, 5.74) is 0.379. The van der Waals surface area contributed by atoms with Crippen molar-refractivity contribution in [3.05, 3.63) is 47.8 Å². The lowest BCUT2D eigenvalue weighted by Gasteiger charge is -1.99. The van der Waals surface area contributed by atoms with Gasteiger partial charge in [-0.05, 0) is 46.6 Å². The van der Waals surface area contributed by atoms with E-state index < -0.39 is 5.24 Å². The van der Waals surface area contributed by atoms with Crippen LogP contribution in [0.25, 0.3) is 10.8 Å². The summed E-state index contributed by atoms with van der Waals surface area (Å²) in [7, 11) is 0. The van der Waals surface area contributed by atoms with Gasteiger partial charge in [-0.3, -0.25) is 4.79 Å². The van der Waals surface area contributed by atoms with E-state index in [1.54, 1.807) is 24.3 Å². The minimum atomic E-state index is -0.531. The van der Waals surface area contributed by atoms with Crippen LogP contribution >= 0.6 is 11.6 Å². The van der Waals surface area contributed by atoms with Crippen LogP contribution in [0.1, 0.15) is 10.4 Å². The van der Waals surface area contributed by atoms with E-state index >= 15 is 0 Å². The van der Waals surface area contributed by atoms with E-state index in [0.717, 1.165) is 5.39 Å². The Labute approximate surface area is 85.1 Å². The van der Waals surface area contributed by atoms with E-state index in [1.165, 1.54) is 12.1 Å². The largest absolute Gasteiger partial charge is 0.276 e.